The van der Waals surface area contributed by atoms with Gasteiger partial charge in [-0.05, 0) is 30.7 Å². The number of rotatable bonds is 10. The number of amides is 3. The zero-order valence-corrected chi connectivity index (χ0v) is 26.7. The van der Waals surface area contributed by atoms with Crippen LogP contribution in [0.5, 0.6) is 5.88 Å². The number of imidazole rings is 1. The Labute approximate surface area is 266 Å². The highest BCUT2D eigenvalue weighted by Crippen LogP contribution is 2.45. The van der Waals surface area contributed by atoms with Crippen LogP contribution in [0.3, 0.4) is 0 Å². The van der Waals surface area contributed by atoms with E-state index in [1.54, 1.807) is 23.3 Å². The molecule has 2 aromatic heterocycles. The second-order valence-corrected chi connectivity index (χ2v) is 15.3. The third-order valence-electron chi connectivity index (χ3n) is 8.96. The van der Waals surface area contributed by atoms with Gasteiger partial charge in [-0.3, -0.25) is 23.7 Å². The SMILES string of the molecule is C=CC1C[C@]1(NC(=O)[C@@H]1C[C@@H](Oc2nnc(-n3ccnc3)c3ccccc23)CN1C(=O)[C@@H](N)C(C)(C)C)C(=O)NS(=O)(=O)C1CC1. The normalized spacial score (nSPS) is 25.1. The van der Waals surface area contributed by atoms with Crippen LogP contribution in [0, 0.1) is 11.3 Å². The molecule has 3 fully saturated rings. The molecule has 0 spiro atoms. The summed E-state index contributed by atoms with van der Waals surface area (Å²) in [6, 6.07) is 5.46. The molecule has 5 atom stereocenters. The largest absolute Gasteiger partial charge is 0.471 e. The molecule has 1 saturated heterocycles. The fourth-order valence-electron chi connectivity index (χ4n) is 5.83. The van der Waals surface area contributed by atoms with Crippen molar-refractivity contribution in [2.24, 2.45) is 17.1 Å². The van der Waals surface area contributed by atoms with E-state index in [0.29, 0.717) is 24.0 Å². The number of hydrogen-bond donors (Lipinski definition) is 3. The van der Waals surface area contributed by atoms with Gasteiger partial charge in [-0.25, -0.2) is 13.4 Å². The van der Waals surface area contributed by atoms with Crippen molar-refractivity contribution in [2.75, 3.05) is 6.54 Å². The quantitative estimate of drug-likeness (QED) is 0.269. The van der Waals surface area contributed by atoms with Crippen LogP contribution in [-0.2, 0) is 24.4 Å². The molecule has 4 N–H and O–H groups in total. The molecule has 1 unspecified atom stereocenters. The Morgan fingerprint density at radius 2 is 1.89 bits per heavy atom. The number of aromatic nitrogens is 4. The monoisotopic (exact) mass is 650 g/mol. The second-order valence-electron chi connectivity index (χ2n) is 13.4. The van der Waals surface area contributed by atoms with Crippen LogP contribution in [0.2, 0.25) is 0 Å². The van der Waals surface area contributed by atoms with Crippen molar-refractivity contribution < 1.29 is 27.5 Å². The van der Waals surface area contributed by atoms with E-state index >= 15 is 0 Å². The third kappa shape index (κ3) is 5.84. The lowest BCUT2D eigenvalue weighted by Gasteiger charge is -2.33. The maximum Gasteiger partial charge on any atom is 0.259 e. The molecular formula is C31H38N8O6S. The van der Waals surface area contributed by atoms with E-state index in [4.69, 9.17) is 10.5 Å². The molecule has 1 aliphatic heterocycles. The number of nitrogens with one attached hydrogen (secondary N) is 2. The highest BCUT2D eigenvalue weighted by atomic mass is 32.2. The summed E-state index contributed by atoms with van der Waals surface area (Å²) < 4.78 is 35.3. The fraction of sp³-hybridized carbons (Fsp3) is 0.484. The predicted molar refractivity (Wildman–Crippen MR) is 168 cm³/mol. The van der Waals surface area contributed by atoms with Gasteiger partial charge < -0.3 is 20.7 Å². The van der Waals surface area contributed by atoms with E-state index in [1.165, 1.54) is 11.0 Å². The number of hydrogen-bond acceptors (Lipinski definition) is 10. The molecule has 0 radical (unpaired) electrons. The van der Waals surface area contributed by atoms with Gasteiger partial charge in [0.25, 0.3) is 5.91 Å². The van der Waals surface area contributed by atoms with Crippen molar-refractivity contribution in [2.45, 2.75) is 75.4 Å². The average Bonchev–Trinajstić information content (AvgIpc) is 3.89. The molecule has 3 aromatic rings. The van der Waals surface area contributed by atoms with Crippen LogP contribution in [-0.4, -0.2) is 86.3 Å². The summed E-state index contributed by atoms with van der Waals surface area (Å²) in [7, 11) is -3.85. The van der Waals surface area contributed by atoms with Gasteiger partial charge in [0.15, 0.2) is 5.82 Å². The summed E-state index contributed by atoms with van der Waals surface area (Å²) >= 11 is 0. The summed E-state index contributed by atoms with van der Waals surface area (Å²) in [5.41, 5.74) is 4.27. The number of likely N-dealkylation sites (tertiary alicyclic amines) is 1. The molecule has 2 aliphatic carbocycles. The van der Waals surface area contributed by atoms with Gasteiger partial charge in [-0.1, -0.05) is 45.0 Å². The fourth-order valence-corrected chi connectivity index (χ4v) is 7.19. The average molecular weight is 651 g/mol. The number of sulfonamides is 1. The maximum atomic E-state index is 14.0. The predicted octanol–water partition coefficient (Wildman–Crippen LogP) is 1.21. The number of ether oxygens (including phenoxy) is 1. The van der Waals surface area contributed by atoms with Gasteiger partial charge in [0.2, 0.25) is 27.7 Å². The summed E-state index contributed by atoms with van der Waals surface area (Å²) in [6.45, 7) is 9.27. The number of fused-ring (bicyclic) bond motifs is 1. The first-order valence-electron chi connectivity index (χ1n) is 15.2. The number of nitrogens with zero attached hydrogens (tertiary/aromatic N) is 5. The standard InChI is InChI=1S/C31H38N8O6S/c1-5-18-15-31(18,29(42)37-46(43,44)20-10-11-20)34-26(40)23-14-19(16-39(23)28(41)24(32)30(2,3)4)45-27-22-9-7-6-8-21(22)25(35-36-27)38-13-12-33-17-38/h5-9,12-13,17-20,23-24H,1,10-11,14-16,32H2,2-4H3,(H,34,40)(H,37,42)/t18?,19-,23+,24-,31-/m1/s1. The van der Waals surface area contributed by atoms with E-state index in [9.17, 15) is 22.8 Å². The van der Waals surface area contributed by atoms with E-state index in [1.807, 2.05) is 45.0 Å². The Morgan fingerprint density at radius 1 is 1.17 bits per heavy atom. The number of carbonyl (C=O) groups excluding carboxylic acids is 3. The first-order chi connectivity index (χ1) is 21.7. The van der Waals surface area contributed by atoms with Crippen LogP contribution in [0.15, 0.2) is 55.6 Å². The van der Waals surface area contributed by atoms with Gasteiger partial charge in [-0.15, -0.1) is 16.8 Å². The minimum absolute atomic E-state index is 0.0279. The molecule has 15 heteroatoms. The summed E-state index contributed by atoms with van der Waals surface area (Å²) in [4.78, 5) is 46.5. The minimum atomic E-state index is -3.85. The van der Waals surface area contributed by atoms with E-state index in [0.717, 1.165) is 5.39 Å². The van der Waals surface area contributed by atoms with Crippen LogP contribution in [0.1, 0.15) is 46.5 Å². The second kappa shape index (κ2) is 11.5. The number of nitrogens with two attached hydrogens (primary N) is 1. The van der Waals surface area contributed by atoms with Crippen molar-refractivity contribution in [1.82, 2.24) is 34.7 Å². The minimum Gasteiger partial charge on any atom is -0.471 e. The van der Waals surface area contributed by atoms with Gasteiger partial charge in [0, 0.05) is 35.5 Å². The van der Waals surface area contributed by atoms with E-state index in [2.05, 4.69) is 31.8 Å². The molecule has 3 heterocycles. The van der Waals surface area contributed by atoms with Gasteiger partial charge >= 0.3 is 0 Å². The van der Waals surface area contributed by atoms with Crippen LogP contribution in [0.25, 0.3) is 16.6 Å². The molecule has 2 saturated carbocycles. The molecule has 244 valence electrons. The van der Waals surface area contributed by atoms with E-state index in [-0.39, 0.29) is 25.3 Å². The molecule has 46 heavy (non-hydrogen) atoms. The number of benzene rings is 1. The Hall–Kier alpha value is -4.37. The first-order valence-corrected chi connectivity index (χ1v) is 16.8. The molecule has 6 rings (SSSR count). The highest BCUT2D eigenvalue weighted by molar-refractivity contribution is 7.91. The van der Waals surface area contributed by atoms with Crippen molar-refractivity contribution in [3.63, 3.8) is 0 Å². The van der Waals surface area contributed by atoms with E-state index < -0.39 is 68.1 Å². The zero-order valence-electron chi connectivity index (χ0n) is 25.9. The third-order valence-corrected chi connectivity index (χ3v) is 10.8. The zero-order chi connectivity index (χ0) is 33.0. The van der Waals surface area contributed by atoms with Gasteiger partial charge in [-0.2, -0.15) is 0 Å². The molecule has 3 amide bonds. The summed E-state index contributed by atoms with van der Waals surface area (Å²) in [5, 5.41) is 12.3. The Bertz CT molecular complexity index is 1800. The molecule has 14 nitrogen and oxygen atoms in total. The van der Waals surface area contributed by atoms with Crippen LogP contribution < -0.4 is 20.5 Å². The molecule has 3 aliphatic rings. The van der Waals surface area contributed by atoms with Crippen molar-refractivity contribution in [3.8, 4) is 11.7 Å². The summed E-state index contributed by atoms with van der Waals surface area (Å²) in [5.74, 6) is -1.56. The lowest BCUT2D eigenvalue weighted by Crippen LogP contribution is -2.59. The maximum absolute atomic E-state index is 14.0. The lowest BCUT2D eigenvalue weighted by atomic mass is 9.86. The number of carbonyl (C=O) groups is 3. The Kier molecular flexibility index (Phi) is 7.87. The van der Waals surface area contributed by atoms with Crippen molar-refractivity contribution >= 4 is 38.5 Å². The molecule has 0 bridgehead atoms. The van der Waals surface area contributed by atoms with Crippen molar-refractivity contribution in [3.05, 3.63) is 55.6 Å². The Balaban J connectivity index is 1.27. The van der Waals surface area contributed by atoms with Crippen molar-refractivity contribution in [1.29, 1.82) is 0 Å². The lowest BCUT2D eigenvalue weighted by molar-refractivity contribution is -0.142. The first kappa shape index (κ1) is 31.6. The van der Waals surface area contributed by atoms with Crippen LogP contribution in [0.4, 0.5) is 0 Å². The molecular weight excluding hydrogens is 612 g/mol. The molecule has 1 aromatic carbocycles. The highest BCUT2D eigenvalue weighted by Gasteiger charge is 2.62. The topological polar surface area (TPSA) is 191 Å². The van der Waals surface area contributed by atoms with Crippen LogP contribution >= 0.6 is 0 Å². The van der Waals surface area contributed by atoms with Gasteiger partial charge in [0.05, 0.1) is 17.8 Å². The summed E-state index contributed by atoms with van der Waals surface area (Å²) in [6.07, 6.45) is 7.07. The smallest absolute Gasteiger partial charge is 0.259 e. The Morgan fingerprint density at radius 3 is 2.50 bits per heavy atom. The van der Waals surface area contributed by atoms with Gasteiger partial charge in [0.1, 0.15) is 24.0 Å².